The molecular weight excluding hydrogens is 247 g/mol. The first-order valence-electron chi connectivity index (χ1n) is 6.50. The Morgan fingerprint density at radius 1 is 1.16 bits per heavy atom. The van der Waals surface area contributed by atoms with Crippen molar-refractivity contribution in [2.45, 2.75) is 19.1 Å². The van der Waals surface area contributed by atoms with E-state index in [9.17, 15) is 4.39 Å². The van der Waals surface area contributed by atoms with E-state index in [1.54, 1.807) is 24.7 Å². The molecule has 0 radical (unpaired) electrons. The Labute approximate surface area is 111 Å². The molecule has 1 aromatic carbocycles. The first-order valence-corrected chi connectivity index (χ1v) is 6.50. The second kappa shape index (κ2) is 4.99. The molecule has 3 rings (SSSR count). The smallest absolute Gasteiger partial charge is 0.242 e. The van der Waals surface area contributed by atoms with Gasteiger partial charge in [-0.3, -0.25) is 0 Å². The minimum atomic E-state index is -0.256. The second-order valence-corrected chi connectivity index (χ2v) is 4.95. The van der Waals surface area contributed by atoms with Crippen molar-refractivity contribution in [1.82, 2.24) is 0 Å². The van der Waals surface area contributed by atoms with Crippen molar-refractivity contribution in [3.63, 3.8) is 0 Å². The van der Waals surface area contributed by atoms with Crippen molar-refractivity contribution < 1.29 is 13.9 Å². The summed E-state index contributed by atoms with van der Waals surface area (Å²) in [5.41, 5.74) is 6.64. The normalized spacial score (nSPS) is 20.4. The third kappa shape index (κ3) is 2.45. The van der Waals surface area contributed by atoms with Crippen molar-refractivity contribution in [2.75, 3.05) is 23.7 Å². The van der Waals surface area contributed by atoms with Crippen LogP contribution in [0.2, 0.25) is 0 Å². The molecule has 1 aromatic rings. The molecule has 0 aliphatic carbocycles. The van der Waals surface area contributed by atoms with Gasteiger partial charge in [0.15, 0.2) is 0 Å². The van der Waals surface area contributed by atoms with Crippen molar-refractivity contribution in [1.29, 1.82) is 0 Å². The Balaban J connectivity index is 1.63. The summed E-state index contributed by atoms with van der Waals surface area (Å²) in [5, 5.41) is 0. The number of rotatable bonds is 2. The summed E-state index contributed by atoms with van der Waals surface area (Å²) in [4.78, 5) is 2.05. The van der Waals surface area contributed by atoms with E-state index in [0.717, 1.165) is 25.9 Å². The molecule has 4 nitrogen and oxygen atoms in total. The van der Waals surface area contributed by atoms with E-state index < -0.39 is 0 Å². The zero-order chi connectivity index (χ0) is 13.2. The topological polar surface area (TPSA) is 47.7 Å². The number of benzene rings is 1. The first-order chi connectivity index (χ1) is 9.24. The van der Waals surface area contributed by atoms with E-state index >= 15 is 0 Å². The predicted molar refractivity (Wildman–Crippen MR) is 70.8 cm³/mol. The lowest BCUT2D eigenvalue weighted by atomic mass is 9.95. The molecule has 19 heavy (non-hydrogen) atoms. The van der Waals surface area contributed by atoms with Gasteiger partial charge in [-0.15, -0.1) is 0 Å². The van der Waals surface area contributed by atoms with Crippen LogP contribution in [-0.2, 0) is 9.47 Å². The second-order valence-electron chi connectivity index (χ2n) is 4.95. The average Bonchev–Trinajstić information content (AvgIpc) is 2.93. The van der Waals surface area contributed by atoms with Crippen LogP contribution >= 0.6 is 0 Å². The van der Waals surface area contributed by atoms with Crippen LogP contribution in [0.25, 0.3) is 0 Å². The van der Waals surface area contributed by atoms with E-state index in [4.69, 9.17) is 15.2 Å². The maximum atomic E-state index is 13.9. The van der Waals surface area contributed by atoms with Crippen molar-refractivity contribution in [3.8, 4) is 0 Å². The highest BCUT2D eigenvalue weighted by Gasteiger charge is 2.30. The number of ether oxygens (including phenoxy) is 2. The van der Waals surface area contributed by atoms with E-state index in [0.29, 0.717) is 17.3 Å². The number of piperidine rings is 1. The Morgan fingerprint density at radius 3 is 2.47 bits per heavy atom. The van der Waals surface area contributed by atoms with Crippen LogP contribution in [-0.4, -0.2) is 19.4 Å². The third-order valence-electron chi connectivity index (χ3n) is 3.72. The molecule has 1 saturated heterocycles. The summed E-state index contributed by atoms with van der Waals surface area (Å²) in [6.45, 7) is 1.60. The van der Waals surface area contributed by atoms with E-state index in [-0.39, 0.29) is 12.1 Å². The Hall–Kier alpha value is -1.91. The molecule has 1 fully saturated rings. The van der Waals surface area contributed by atoms with E-state index in [1.807, 2.05) is 4.90 Å². The SMILES string of the molecule is Nc1ccc(N2CCC(C3OC=CO3)CC2)c(F)c1. The quantitative estimate of drug-likeness (QED) is 0.834. The van der Waals surface area contributed by atoms with E-state index in [2.05, 4.69) is 0 Å². The van der Waals surface area contributed by atoms with Crippen molar-refractivity contribution in [3.05, 3.63) is 36.5 Å². The molecule has 0 amide bonds. The maximum absolute atomic E-state index is 13.9. The zero-order valence-electron chi connectivity index (χ0n) is 10.6. The predicted octanol–water partition coefficient (Wildman–Crippen LogP) is 2.47. The number of halogens is 1. The van der Waals surface area contributed by atoms with Crippen molar-refractivity contribution in [2.24, 2.45) is 5.92 Å². The van der Waals surface area contributed by atoms with Crippen molar-refractivity contribution >= 4 is 11.4 Å². The fraction of sp³-hybridized carbons (Fsp3) is 0.429. The van der Waals surface area contributed by atoms with Crippen LogP contribution in [0.4, 0.5) is 15.8 Å². The minimum Gasteiger partial charge on any atom is -0.459 e. The molecule has 5 heteroatoms. The molecule has 0 saturated carbocycles. The number of nitrogen functional groups attached to an aromatic ring is 1. The third-order valence-corrected chi connectivity index (χ3v) is 3.72. The lowest BCUT2D eigenvalue weighted by Crippen LogP contribution is -2.38. The summed E-state index contributed by atoms with van der Waals surface area (Å²) < 4.78 is 24.6. The Kier molecular flexibility index (Phi) is 3.19. The molecule has 0 aromatic heterocycles. The van der Waals surface area contributed by atoms with Crippen LogP contribution in [0.3, 0.4) is 0 Å². The molecule has 2 N–H and O–H groups in total. The van der Waals surface area contributed by atoms with Gasteiger partial charge in [-0.05, 0) is 31.0 Å². The molecule has 0 bridgehead atoms. The maximum Gasteiger partial charge on any atom is 0.242 e. The van der Waals surface area contributed by atoms with Gasteiger partial charge in [0.05, 0.1) is 5.69 Å². The minimum absolute atomic E-state index is 0.168. The lowest BCUT2D eigenvalue weighted by molar-refractivity contribution is -0.0728. The highest BCUT2D eigenvalue weighted by molar-refractivity contribution is 5.54. The number of hydrogen-bond donors (Lipinski definition) is 1. The molecule has 0 spiro atoms. The summed E-state index contributed by atoms with van der Waals surface area (Å²) >= 11 is 0. The van der Waals surface area contributed by atoms with Gasteiger partial charge in [0.2, 0.25) is 6.29 Å². The monoisotopic (exact) mass is 264 g/mol. The fourth-order valence-corrected chi connectivity index (χ4v) is 2.67. The van der Waals surface area contributed by atoms with Gasteiger partial charge in [0, 0.05) is 24.7 Å². The number of hydrogen-bond acceptors (Lipinski definition) is 4. The Morgan fingerprint density at radius 2 is 1.84 bits per heavy atom. The molecule has 2 aliphatic heterocycles. The Bertz CT molecular complexity index is 476. The molecule has 102 valence electrons. The van der Waals surface area contributed by atoms with Gasteiger partial charge in [-0.25, -0.2) is 4.39 Å². The standard InChI is InChI=1S/C14H17FN2O2/c15-12-9-11(16)1-2-13(12)17-5-3-10(4-6-17)14-18-7-8-19-14/h1-2,7-10,14H,3-6,16H2. The van der Waals surface area contributed by atoms with Gasteiger partial charge in [0.25, 0.3) is 0 Å². The summed E-state index contributed by atoms with van der Waals surface area (Å²) in [7, 11) is 0. The molecule has 2 aliphatic rings. The van der Waals surface area contributed by atoms with Gasteiger partial charge in [0.1, 0.15) is 18.3 Å². The molecular formula is C14H17FN2O2. The highest BCUT2D eigenvalue weighted by Crippen LogP contribution is 2.30. The molecule has 2 heterocycles. The number of nitrogens with two attached hydrogens (primary N) is 1. The van der Waals surface area contributed by atoms with Crippen LogP contribution in [0.1, 0.15) is 12.8 Å². The number of nitrogens with zero attached hydrogens (tertiary/aromatic N) is 1. The van der Waals surface area contributed by atoms with Crippen LogP contribution < -0.4 is 10.6 Å². The van der Waals surface area contributed by atoms with Gasteiger partial charge >= 0.3 is 0 Å². The molecule has 0 unspecified atom stereocenters. The van der Waals surface area contributed by atoms with Gasteiger partial charge in [-0.2, -0.15) is 0 Å². The van der Waals surface area contributed by atoms with Crippen LogP contribution in [0, 0.1) is 11.7 Å². The first kappa shape index (κ1) is 12.1. The van der Waals surface area contributed by atoms with E-state index in [1.165, 1.54) is 6.07 Å². The summed E-state index contributed by atoms with van der Waals surface area (Å²) in [6, 6.07) is 4.85. The van der Waals surface area contributed by atoms with Gasteiger partial charge < -0.3 is 20.1 Å². The van der Waals surface area contributed by atoms with Gasteiger partial charge in [-0.1, -0.05) is 0 Å². The number of anilines is 2. The summed E-state index contributed by atoms with van der Waals surface area (Å²) in [5.74, 6) is 0.108. The van der Waals surface area contributed by atoms with Crippen LogP contribution in [0.5, 0.6) is 0 Å². The zero-order valence-corrected chi connectivity index (χ0v) is 10.6. The largest absolute Gasteiger partial charge is 0.459 e. The average molecular weight is 264 g/mol. The summed E-state index contributed by atoms with van der Waals surface area (Å²) in [6.07, 6.45) is 4.85. The lowest BCUT2D eigenvalue weighted by Gasteiger charge is -2.35. The highest BCUT2D eigenvalue weighted by atomic mass is 19.1. The van der Waals surface area contributed by atoms with Crippen LogP contribution in [0.15, 0.2) is 30.7 Å². The molecule has 0 atom stereocenters. The fourth-order valence-electron chi connectivity index (χ4n) is 2.67.